The van der Waals surface area contributed by atoms with Crippen LogP contribution in [0.2, 0.25) is 0 Å². The average molecular weight is 643 g/mol. The Hall–Kier alpha value is -2.37. The van der Waals surface area contributed by atoms with Crippen LogP contribution in [0.1, 0.15) is 33.9 Å². The summed E-state index contributed by atoms with van der Waals surface area (Å²) >= 11 is 21.4. The van der Waals surface area contributed by atoms with Gasteiger partial charge in [0.05, 0.1) is 34.0 Å². The molecule has 0 radical (unpaired) electrons. The normalized spacial score (nSPS) is 15.4. The zero-order chi connectivity index (χ0) is 27.4. The van der Waals surface area contributed by atoms with Gasteiger partial charge in [-0.3, -0.25) is 0 Å². The molecule has 6 nitrogen and oxygen atoms in total. The maximum absolute atomic E-state index is 9.59. The van der Waals surface area contributed by atoms with Crippen molar-refractivity contribution in [3.63, 3.8) is 0 Å². The van der Waals surface area contributed by atoms with E-state index in [1.165, 1.54) is 0 Å². The second-order valence-electron chi connectivity index (χ2n) is 8.29. The van der Waals surface area contributed by atoms with Crippen molar-refractivity contribution in [2.24, 2.45) is 0 Å². The van der Waals surface area contributed by atoms with Crippen LogP contribution in [0.15, 0.2) is 64.4 Å². The number of methoxy groups -OCH3 is 2. The second kappa shape index (κ2) is 13.8. The molecule has 5 rings (SSSR count). The summed E-state index contributed by atoms with van der Waals surface area (Å²) in [7, 11) is 3.13. The van der Waals surface area contributed by atoms with Gasteiger partial charge in [-0.05, 0) is 34.9 Å². The first kappa shape index (κ1) is 31.2. The topological polar surface area (TPSA) is 77.4 Å². The molecule has 39 heavy (non-hydrogen) atoms. The van der Waals surface area contributed by atoms with Crippen LogP contribution in [0.25, 0.3) is 9.81 Å². The number of fused-ring (bicyclic) bond motifs is 2. The number of ether oxygens (including phenoxy) is 4. The fourth-order valence-corrected chi connectivity index (χ4v) is 5.14. The standard InChI is InChI=1S/C17H16O3S2.C11H12O3S2.Ni/c1-19-12-7-11(9-18)14-13(8-12)20-15(17(22)16(14)21)10-5-3-2-4-6-10;1-13-7-2-6(4-12)3-8-10(7)11(16)9(15)5-14-8;/h2-8,15,18,21-22H,9H2,1H3;2-3,12,15-16H,4-5H2,1H3;/p-4. The van der Waals surface area contributed by atoms with E-state index in [2.05, 4.69) is 0 Å². The maximum atomic E-state index is 9.59. The number of aliphatic hydroxyl groups excluding tert-OH is 2. The zero-order valence-electron chi connectivity index (χ0n) is 20.9. The van der Waals surface area contributed by atoms with Gasteiger partial charge in [0.25, 0.3) is 0 Å². The van der Waals surface area contributed by atoms with Crippen molar-refractivity contribution in [3.05, 3.63) is 92.2 Å². The monoisotopic (exact) mass is 642 g/mol. The molecule has 0 fully saturated rings. The molecule has 1 unspecified atom stereocenters. The molecule has 0 spiro atoms. The van der Waals surface area contributed by atoms with Gasteiger partial charge in [0.15, 0.2) is 0 Å². The van der Waals surface area contributed by atoms with Crippen molar-refractivity contribution in [3.8, 4) is 23.0 Å². The minimum atomic E-state index is -0.394. The van der Waals surface area contributed by atoms with Crippen LogP contribution in [-0.2, 0) is 80.2 Å². The Kier molecular flexibility index (Phi) is 11.0. The molecule has 0 saturated heterocycles. The minimum absolute atomic E-state index is 0. The van der Waals surface area contributed by atoms with E-state index in [0.717, 1.165) is 11.1 Å². The minimum Gasteiger partial charge on any atom is -0.782 e. The molecular formula is C28H24NiO6S4-4. The molecule has 2 aliphatic rings. The van der Waals surface area contributed by atoms with Crippen molar-refractivity contribution >= 4 is 60.3 Å². The smallest absolute Gasteiger partial charge is 0.130 e. The van der Waals surface area contributed by atoms with Gasteiger partial charge in [-0.25, -0.2) is 0 Å². The average Bonchev–Trinajstić information content (AvgIpc) is 2.96. The third-order valence-corrected chi connectivity index (χ3v) is 7.84. The molecule has 0 aliphatic carbocycles. The van der Waals surface area contributed by atoms with E-state index in [4.69, 9.17) is 74.6 Å². The molecule has 3 aromatic carbocycles. The van der Waals surface area contributed by atoms with Gasteiger partial charge in [-0.2, -0.15) is 19.6 Å². The summed E-state index contributed by atoms with van der Waals surface area (Å²) in [5.74, 6) is 2.43. The number of aliphatic hydroxyl groups is 2. The SMILES string of the molecule is COc1cc(CO)c2c(c1)OC(c1ccccc1)C([S-])=C2[S-].COc1cc(CO)cc2c1C([S-])=C([S-])CO2.[Ni]. The quantitative estimate of drug-likeness (QED) is 0.308. The molecule has 3 aromatic rings. The molecule has 2 aliphatic heterocycles. The molecular weight excluding hydrogens is 619 g/mol. The molecule has 2 N–H and O–H groups in total. The second-order valence-corrected chi connectivity index (χ2v) is 10.0. The van der Waals surface area contributed by atoms with Crippen LogP contribution in [0.3, 0.4) is 0 Å². The summed E-state index contributed by atoms with van der Waals surface area (Å²) in [6, 6.07) is 16.7. The van der Waals surface area contributed by atoms with Crippen LogP contribution in [0.5, 0.6) is 23.0 Å². The molecule has 0 bridgehead atoms. The Morgan fingerprint density at radius 1 is 0.846 bits per heavy atom. The predicted molar refractivity (Wildman–Crippen MR) is 156 cm³/mol. The van der Waals surface area contributed by atoms with Gasteiger partial charge >= 0.3 is 0 Å². The Morgan fingerprint density at radius 2 is 1.56 bits per heavy atom. The molecule has 11 heteroatoms. The van der Waals surface area contributed by atoms with Gasteiger partial charge in [-0.1, -0.05) is 30.3 Å². The predicted octanol–water partition coefficient (Wildman–Crippen LogP) is 4.42. The van der Waals surface area contributed by atoms with E-state index in [1.54, 1.807) is 38.5 Å². The Morgan fingerprint density at radius 3 is 2.18 bits per heavy atom. The van der Waals surface area contributed by atoms with Gasteiger partial charge in [0.2, 0.25) is 0 Å². The summed E-state index contributed by atoms with van der Waals surface area (Å²) in [5, 5.41) is 18.7. The molecule has 1 atom stereocenters. The number of hydrogen-bond donors (Lipinski definition) is 2. The fraction of sp³-hybridized carbons (Fsp3) is 0.214. The van der Waals surface area contributed by atoms with Crippen LogP contribution in [0.4, 0.5) is 0 Å². The van der Waals surface area contributed by atoms with Gasteiger partial charge in [0.1, 0.15) is 29.1 Å². The summed E-state index contributed by atoms with van der Waals surface area (Å²) in [6.45, 7) is 0.102. The molecule has 0 saturated carbocycles. The third kappa shape index (κ3) is 6.52. The first-order valence-corrected chi connectivity index (χ1v) is 13.1. The number of rotatable bonds is 5. The number of benzene rings is 3. The molecule has 0 amide bonds. The number of hydrogen-bond acceptors (Lipinski definition) is 10. The van der Waals surface area contributed by atoms with Gasteiger partial charge in [-0.15, -0.1) is 0 Å². The first-order chi connectivity index (χ1) is 18.3. The van der Waals surface area contributed by atoms with E-state index in [9.17, 15) is 5.11 Å². The van der Waals surface area contributed by atoms with Crippen LogP contribution < -0.4 is 18.9 Å². The van der Waals surface area contributed by atoms with Crippen molar-refractivity contribution < 1.29 is 45.7 Å². The first-order valence-electron chi connectivity index (χ1n) is 11.5. The van der Waals surface area contributed by atoms with Crippen molar-refractivity contribution in [1.29, 1.82) is 0 Å². The maximum Gasteiger partial charge on any atom is 0.130 e. The Balaban J connectivity index is 0.000000220. The Labute approximate surface area is 260 Å². The van der Waals surface area contributed by atoms with E-state index < -0.39 is 6.10 Å². The molecule has 2 heterocycles. The molecule has 0 aromatic heterocycles. The van der Waals surface area contributed by atoms with Crippen LogP contribution in [0, 0.1) is 0 Å². The van der Waals surface area contributed by atoms with E-state index >= 15 is 0 Å². The van der Waals surface area contributed by atoms with E-state index in [0.29, 0.717) is 65.9 Å². The van der Waals surface area contributed by atoms with Gasteiger partial charge in [0, 0.05) is 33.7 Å². The van der Waals surface area contributed by atoms with Crippen LogP contribution in [-0.4, -0.2) is 31.0 Å². The van der Waals surface area contributed by atoms with Crippen LogP contribution >= 0.6 is 0 Å². The zero-order valence-corrected chi connectivity index (χ0v) is 25.1. The summed E-state index contributed by atoms with van der Waals surface area (Å²) in [5.41, 5.74) is 3.75. The van der Waals surface area contributed by atoms with Gasteiger partial charge < -0.3 is 79.7 Å². The summed E-state index contributed by atoms with van der Waals surface area (Å²) < 4.78 is 22.0. The van der Waals surface area contributed by atoms with Crippen molar-refractivity contribution in [1.82, 2.24) is 0 Å². The third-order valence-electron chi connectivity index (χ3n) is 5.97. The Bertz CT molecular complexity index is 1390. The molecule has 210 valence electrons. The summed E-state index contributed by atoms with van der Waals surface area (Å²) in [4.78, 5) is 2.32. The van der Waals surface area contributed by atoms with E-state index in [-0.39, 0.29) is 29.7 Å². The fourth-order valence-electron chi connectivity index (χ4n) is 4.09. The van der Waals surface area contributed by atoms with E-state index in [1.807, 2.05) is 30.3 Å². The van der Waals surface area contributed by atoms with Crippen molar-refractivity contribution in [2.45, 2.75) is 19.3 Å². The van der Waals surface area contributed by atoms with Crippen molar-refractivity contribution in [2.75, 3.05) is 20.8 Å². The summed E-state index contributed by atoms with van der Waals surface area (Å²) in [6.07, 6.45) is -0.394. The largest absolute Gasteiger partial charge is 0.782 e.